The Morgan fingerprint density at radius 3 is 2.00 bits per heavy atom. The number of anilines is 1. The van der Waals surface area contributed by atoms with Gasteiger partial charge in [-0.3, -0.25) is 13.9 Å². The molecule has 0 aromatic heterocycles. The molecular weight excluding hydrogens is 581 g/mol. The summed E-state index contributed by atoms with van der Waals surface area (Å²) >= 11 is 0. The second-order valence-corrected chi connectivity index (χ2v) is 12.0. The zero-order valence-corrected chi connectivity index (χ0v) is 25.5. The number of methoxy groups -OCH3 is 1. The van der Waals surface area contributed by atoms with E-state index < -0.39 is 34.3 Å². The van der Waals surface area contributed by atoms with Crippen molar-refractivity contribution in [2.24, 2.45) is 0 Å². The highest BCUT2D eigenvalue weighted by Crippen LogP contribution is 2.26. The van der Waals surface area contributed by atoms with Crippen molar-refractivity contribution >= 4 is 27.5 Å². The molecule has 1 atom stereocenters. The van der Waals surface area contributed by atoms with Crippen LogP contribution in [0.2, 0.25) is 0 Å². The first-order valence-corrected chi connectivity index (χ1v) is 15.7. The zero-order valence-electron chi connectivity index (χ0n) is 24.7. The molecule has 4 rings (SSSR count). The van der Waals surface area contributed by atoms with Crippen LogP contribution in [0.25, 0.3) is 0 Å². The minimum absolute atomic E-state index is 0.0660. The third-order valence-electron chi connectivity index (χ3n) is 7.06. The van der Waals surface area contributed by atoms with Crippen LogP contribution in [0.4, 0.5) is 10.1 Å². The summed E-state index contributed by atoms with van der Waals surface area (Å²) in [6.45, 7) is 1.80. The van der Waals surface area contributed by atoms with Crippen LogP contribution in [0, 0.1) is 5.82 Å². The predicted molar refractivity (Wildman–Crippen MR) is 168 cm³/mol. The fourth-order valence-electron chi connectivity index (χ4n) is 4.71. The number of amides is 2. The van der Waals surface area contributed by atoms with Crippen LogP contribution in [0.5, 0.6) is 5.75 Å². The van der Waals surface area contributed by atoms with Crippen molar-refractivity contribution in [2.75, 3.05) is 24.5 Å². The molecule has 4 aromatic carbocycles. The predicted octanol–water partition coefficient (Wildman–Crippen LogP) is 5.20. The molecule has 230 valence electrons. The quantitative estimate of drug-likeness (QED) is 0.210. The smallest absolute Gasteiger partial charge is 0.264 e. The van der Waals surface area contributed by atoms with E-state index in [0.29, 0.717) is 18.7 Å². The largest absolute Gasteiger partial charge is 0.497 e. The van der Waals surface area contributed by atoms with E-state index in [1.165, 1.54) is 48.4 Å². The Kier molecular flexibility index (Phi) is 11.1. The van der Waals surface area contributed by atoms with Crippen molar-refractivity contribution < 1.29 is 27.1 Å². The van der Waals surface area contributed by atoms with E-state index in [1.54, 1.807) is 0 Å². The lowest BCUT2D eigenvalue weighted by Crippen LogP contribution is -2.53. The van der Waals surface area contributed by atoms with Crippen LogP contribution in [-0.2, 0) is 32.6 Å². The number of hydrogen-bond donors (Lipinski definition) is 1. The van der Waals surface area contributed by atoms with Gasteiger partial charge in [0, 0.05) is 19.5 Å². The number of carbonyl (C=O) groups is 2. The number of rotatable bonds is 14. The highest BCUT2D eigenvalue weighted by Gasteiger charge is 2.34. The van der Waals surface area contributed by atoms with Gasteiger partial charge in [-0.25, -0.2) is 12.8 Å². The highest BCUT2D eigenvalue weighted by atomic mass is 32.2. The summed E-state index contributed by atoms with van der Waals surface area (Å²) in [6.07, 6.45) is 0.922. The Balaban J connectivity index is 1.77. The summed E-state index contributed by atoms with van der Waals surface area (Å²) in [6, 6.07) is 28.3. The fraction of sp³-hybridized carbons (Fsp3) is 0.235. The number of ether oxygens (including phenoxy) is 1. The Hall–Kier alpha value is -4.70. The van der Waals surface area contributed by atoms with Gasteiger partial charge in [-0.05, 0) is 66.1 Å². The molecule has 0 unspecified atom stereocenters. The maximum Gasteiger partial charge on any atom is 0.264 e. The number of nitrogens with zero attached hydrogens (tertiary/aromatic N) is 2. The van der Waals surface area contributed by atoms with Crippen LogP contribution >= 0.6 is 0 Å². The number of nitrogens with one attached hydrogen (secondary N) is 1. The molecule has 0 spiro atoms. The molecule has 10 heteroatoms. The summed E-state index contributed by atoms with van der Waals surface area (Å²) in [5, 5.41) is 2.91. The summed E-state index contributed by atoms with van der Waals surface area (Å²) in [7, 11) is -2.84. The minimum atomic E-state index is -4.31. The van der Waals surface area contributed by atoms with E-state index in [1.807, 2.05) is 67.6 Å². The number of sulfonamides is 1. The first-order valence-electron chi connectivity index (χ1n) is 14.3. The average Bonchev–Trinajstić information content (AvgIpc) is 3.05. The first kappa shape index (κ1) is 32.2. The summed E-state index contributed by atoms with van der Waals surface area (Å²) in [5.41, 5.74) is 1.72. The lowest BCUT2D eigenvalue weighted by molar-refractivity contribution is -0.140. The average molecular weight is 618 g/mol. The standard InChI is InChI=1S/C34H36FN3O5S/c1-3-22-36-34(40)32(23-26-10-6-4-7-11-26)37(24-27-12-8-5-9-13-27)33(39)25-38(29-16-14-28(35)15-17-29)44(41,42)31-20-18-30(43-2)19-21-31/h4-21,32H,3,22-25H2,1-2H3,(H,36,40)/t32-/m0/s1. The van der Waals surface area contributed by atoms with E-state index in [-0.39, 0.29) is 29.5 Å². The monoisotopic (exact) mass is 617 g/mol. The molecule has 0 fully saturated rings. The van der Waals surface area contributed by atoms with Crippen molar-refractivity contribution in [3.8, 4) is 5.75 Å². The van der Waals surface area contributed by atoms with Crippen LogP contribution in [0.1, 0.15) is 24.5 Å². The van der Waals surface area contributed by atoms with Gasteiger partial charge in [-0.2, -0.15) is 0 Å². The molecule has 0 saturated heterocycles. The summed E-state index contributed by atoms with van der Waals surface area (Å²) < 4.78 is 48.0. The molecule has 0 aliphatic rings. The molecule has 0 aliphatic carbocycles. The van der Waals surface area contributed by atoms with Crippen LogP contribution in [0.3, 0.4) is 0 Å². The molecule has 1 N–H and O–H groups in total. The molecule has 0 aliphatic heterocycles. The normalized spacial score (nSPS) is 11.8. The first-order chi connectivity index (χ1) is 21.2. The molecule has 4 aromatic rings. The molecule has 0 bridgehead atoms. The molecule has 0 saturated carbocycles. The van der Waals surface area contributed by atoms with Crippen molar-refractivity contribution in [1.29, 1.82) is 0 Å². The van der Waals surface area contributed by atoms with Gasteiger partial charge in [0.15, 0.2) is 0 Å². The Labute approximate surface area is 258 Å². The molecular formula is C34H36FN3O5S. The van der Waals surface area contributed by atoms with Crippen molar-refractivity contribution in [3.63, 3.8) is 0 Å². The van der Waals surface area contributed by atoms with Gasteiger partial charge in [0.1, 0.15) is 24.2 Å². The van der Waals surface area contributed by atoms with Crippen LogP contribution in [-0.4, -0.2) is 51.4 Å². The van der Waals surface area contributed by atoms with Gasteiger partial charge >= 0.3 is 0 Å². The fourth-order valence-corrected chi connectivity index (χ4v) is 6.13. The van der Waals surface area contributed by atoms with Gasteiger partial charge < -0.3 is 15.0 Å². The van der Waals surface area contributed by atoms with Crippen molar-refractivity contribution in [3.05, 3.63) is 126 Å². The minimum Gasteiger partial charge on any atom is -0.497 e. The molecule has 0 heterocycles. The van der Waals surface area contributed by atoms with E-state index in [9.17, 15) is 22.4 Å². The number of halogens is 1. The number of carbonyl (C=O) groups excluding carboxylic acids is 2. The van der Waals surface area contributed by atoms with Crippen LogP contribution in [0.15, 0.2) is 114 Å². The summed E-state index contributed by atoms with van der Waals surface area (Å²) in [5.74, 6) is -1.03. The van der Waals surface area contributed by atoms with Gasteiger partial charge in [-0.1, -0.05) is 67.6 Å². The Bertz CT molecular complexity index is 1620. The zero-order chi connectivity index (χ0) is 31.5. The maximum absolute atomic E-state index is 14.3. The van der Waals surface area contributed by atoms with Gasteiger partial charge in [0.05, 0.1) is 17.7 Å². The van der Waals surface area contributed by atoms with Crippen molar-refractivity contribution in [1.82, 2.24) is 10.2 Å². The molecule has 8 nitrogen and oxygen atoms in total. The third kappa shape index (κ3) is 8.23. The molecule has 2 amide bonds. The van der Waals surface area contributed by atoms with E-state index >= 15 is 0 Å². The van der Waals surface area contributed by atoms with Crippen molar-refractivity contribution in [2.45, 2.75) is 37.2 Å². The lowest BCUT2D eigenvalue weighted by Gasteiger charge is -2.34. The molecule has 44 heavy (non-hydrogen) atoms. The SMILES string of the molecule is CCCNC(=O)[C@H](Cc1ccccc1)N(Cc1ccccc1)C(=O)CN(c1ccc(F)cc1)S(=O)(=O)c1ccc(OC)cc1. The van der Waals surface area contributed by atoms with Crippen LogP contribution < -0.4 is 14.4 Å². The number of benzene rings is 4. The topological polar surface area (TPSA) is 96.0 Å². The van der Waals surface area contributed by atoms with E-state index in [2.05, 4.69) is 5.32 Å². The second kappa shape index (κ2) is 15.2. The highest BCUT2D eigenvalue weighted by molar-refractivity contribution is 7.92. The maximum atomic E-state index is 14.3. The molecule has 0 radical (unpaired) electrons. The number of hydrogen-bond acceptors (Lipinski definition) is 5. The third-order valence-corrected chi connectivity index (χ3v) is 8.85. The van der Waals surface area contributed by atoms with Gasteiger partial charge in [0.25, 0.3) is 10.0 Å². The lowest BCUT2D eigenvalue weighted by atomic mass is 10.0. The van der Waals surface area contributed by atoms with Gasteiger partial charge in [-0.15, -0.1) is 0 Å². The second-order valence-electron chi connectivity index (χ2n) is 10.2. The Morgan fingerprint density at radius 2 is 1.43 bits per heavy atom. The van der Waals surface area contributed by atoms with E-state index in [0.717, 1.165) is 27.6 Å². The Morgan fingerprint density at radius 1 is 0.841 bits per heavy atom. The van der Waals surface area contributed by atoms with Gasteiger partial charge in [0.2, 0.25) is 11.8 Å². The summed E-state index contributed by atoms with van der Waals surface area (Å²) in [4.78, 5) is 29.3. The van der Waals surface area contributed by atoms with E-state index in [4.69, 9.17) is 4.74 Å².